The van der Waals surface area contributed by atoms with E-state index in [2.05, 4.69) is 39.0 Å². The predicted octanol–water partition coefficient (Wildman–Crippen LogP) is 4.83. The maximum Gasteiger partial charge on any atom is 0.258 e. The summed E-state index contributed by atoms with van der Waals surface area (Å²) in [6.45, 7) is 4.33. The molecule has 0 atom stereocenters. The van der Waals surface area contributed by atoms with E-state index in [9.17, 15) is 4.79 Å². The van der Waals surface area contributed by atoms with Gasteiger partial charge in [-0.3, -0.25) is 13.8 Å². The topological polar surface area (TPSA) is 65.1 Å². The highest BCUT2D eigenvalue weighted by atomic mass is 32.2. The van der Waals surface area contributed by atoms with Crippen LogP contribution in [0.15, 0.2) is 33.0 Å². The Kier molecular flexibility index (Phi) is 5.05. The van der Waals surface area contributed by atoms with Gasteiger partial charge in [0.15, 0.2) is 15.9 Å². The van der Waals surface area contributed by atoms with Crippen molar-refractivity contribution in [1.82, 2.24) is 24.1 Å². The molecule has 0 saturated heterocycles. The molecule has 1 aliphatic rings. The number of fused-ring (bicyclic) bond motifs is 2. The minimum absolute atomic E-state index is 0.0391. The summed E-state index contributed by atoms with van der Waals surface area (Å²) in [5, 5.41) is 14.1. The van der Waals surface area contributed by atoms with Crippen LogP contribution in [0.25, 0.3) is 16.3 Å². The van der Waals surface area contributed by atoms with Gasteiger partial charge in [-0.05, 0) is 45.1 Å². The molecule has 0 aliphatic heterocycles. The summed E-state index contributed by atoms with van der Waals surface area (Å²) in [5.74, 6) is 1.56. The number of hydrogen-bond donors (Lipinski definition) is 0. The van der Waals surface area contributed by atoms with E-state index in [0.717, 1.165) is 28.1 Å². The Morgan fingerprint density at radius 2 is 2.07 bits per heavy atom. The Hall–Kier alpha value is -1.97. The van der Waals surface area contributed by atoms with Crippen LogP contribution >= 0.6 is 34.4 Å². The van der Waals surface area contributed by atoms with Crippen molar-refractivity contribution in [3.8, 4) is 11.4 Å². The van der Waals surface area contributed by atoms with Gasteiger partial charge in [-0.1, -0.05) is 11.8 Å². The normalized spacial score (nSPS) is 14.0. The number of rotatable bonds is 5. The first kappa shape index (κ1) is 19.0. The Labute approximate surface area is 180 Å². The average Bonchev–Trinajstić information content (AvgIpc) is 3.43. The summed E-state index contributed by atoms with van der Waals surface area (Å²) >= 11 is 4.92. The van der Waals surface area contributed by atoms with Crippen molar-refractivity contribution in [1.29, 1.82) is 0 Å². The van der Waals surface area contributed by atoms with Crippen molar-refractivity contribution >= 4 is 39.4 Å². The second kappa shape index (κ2) is 7.70. The Bertz CT molecular complexity index is 1230. The molecule has 29 heavy (non-hydrogen) atoms. The molecule has 6 nitrogen and oxygen atoms in total. The van der Waals surface area contributed by atoms with Crippen LogP contribution in [0.1, 0.15) is 48.9 Å². The minimum Gasteiger partial charge on any atom is -0.299 e. The second-order valence-electron chi connectivity index (χ2n) is 7.46. The number of aromatic nitrogens is 5. The van der Waals surface area contributed by atoms with Crippen LogP contribution in [0.3, 0.4) is 0 Å². The third-order valence-corrected chi connectivity index (χ3v) is 8.01. The summed E-state index contributed by atoms with van der Waals surface area (Å²) in [6, 6.07) is 1.86. The highest BCUT2D eigenvalue weighted by molar-refractivity contribution is 7.98. The van der Waals surface area contributed by atoms with E-state index < -0.39 is 0 Å². The predicted molar refractivity (Wildman–Crippen MR) is 119 cm³/mol. The lowest BCUT2D eigenvalue weighted by Gasteiger charge is -2.16. The molecule has 9 heteroatoms. The van der Waals surface area contributed by atoms with Gasteiger partial charge in [-0.25, -0.2) is 4.98 Å². The van der Waals surface area contributed by atoms with E-state index >= 15 is 0 Å². The molecular formula is C20H21N5OS3. The molecule has 0 unspecified atom stereocenters. The first-order valence-electron chi connectivity index (χ1n) is 9.75. The summed E-state index contributed by atoms with van der Waals surface area (Å²) in [7, 11) is 0. The molecule has 4 aromatic heterocycles. The number of aryl methyl sites for hydroxylation is 1. The molecule has 0 amide bonds. The largest absolute Gasteiger partial charge is 0.299 e. The highest BCUT2D eigenvalue weighted by Gasteiger charge is 2.23. The molecule has 0 N–H and O–H groups in total. The molecule has 0 spiro atoms. The van der Waals surface area contributed by atoms with Gasteiger partial charge < -0.3 is 0 Å². The average molecular weight is 444 g/mol. The Morgan fingerprint density at radius 3 is 2.93 bits per heavy atom. The molecule has 1 aliphatic carbocycles. The number of thiazole rings is 1. The van der Waals surface area contributed by atoms with Crippen LogP contribution in [0, 0.1) is 0 Å². The summed E-state index contributed by atoms with van der Waals surface area (Å²) in [6.07, 6.45) is 6.61. The van der Waals surface area contributed by atoms with Gasteiger partial charge in [0.1, 0.15) is 0 Å². The van der Waals surface area contributed by atoms with Crippen molar-refractivity contribution in [2.75, 3.05) is 0 Å². The van der Waals surface area contributed by atoms with Crippen molar-refractivity contribution < 1.29 is 0 Å². The van der Waals surface area contributed by atoms with Crippen molar-refractivity contribution in [3.05, 3.63) is 49.5 Å². The van der Waals surface area contributed by atoms with E-state index in [4.69, 9.17) is 0 Å². The van der Waals surface area contributed by atoms with Gasteiger partial charge in [0.2, 0.25) is 0 Å². The molecule has 5 rings (SSSR count). The van der Waals surface area contributed by atoms with E-state index in [1.165, 1.54) is 46.6 Å². The smallest absolute Gasteiger partial charge is 0.258 e. The molecule has 0 fully saturated rings. The van der Waals surface area contributed by atoms with Crippen LogP contribution in [-0.2, 0) is 18.6 Å². The van der Waals surface area contributed by atoms with Crippen LogP contribution in [0.5, 0.6) is 0 Å². The van der Waals surface area contributed by atoms with Gasteiger partial charge in [0.05, 0.1) is 5.69 Å². The van der Waals surface area contributed by atoms with Gasteiger partial charge >= 0.3 is 0 Å². The maximum absolute atomic E-state index is 12.2. The zero-order chi connectivity index (χ0) is 20.0. The lowest BCUT2D eigenvalue weighted by atomic mass is 9.95. The summed E-state index contributed by atoms with van der Waals surface area (Å²) < 4.78 is 3.80. The van der Waals surface area contributed by atoms with Crippen molar-refractivity contribution in [3.63, 3.8) is 0 Å². The van der Waals surface area contributed by atoms with Crippen LogP contribution in [0.4, 0.5) is 0 Å². The van der Waals surface area contributed by atoms with E-state index in [0.29, 0.717) is 5.75 Å². The maximum atomic E-state index is 12.2. The fraction of sp³-hybridized carbons (Fsp3) is 0.400. The zero-order valence-electron chi connectivity index (χ0n) is 16.3. The highest BCUT2D eigenvalue weighted by Crippen LogP contribution is 2.38. The van der Waals surface area contributed by atoms with Crippen LogP contribution in [-0.4, -0.2) is 24.1 Å². The molecule has 0 aromatic carbocycles. The molecule has 4 aromatic rings. The first-order chi connectivity index (χ1) is 14.1. The lowest BCUT2D eigenvalue weighted by Crippen LogP contribution is -2.12. The number of thioether (sulfide) groups is 1. The Morgan fingerprint density at radius 1 is 1.21 bits per heavy atom. The zero-order valence-corrected chi connectivity index (χ0v) is 18.7. The monoisotopic (exact) mass is 443 g/mol. The fourth-order valence-corrected chi connectivity index (χ4v) is 6.63. The van der Waals surface area contributed by atoms with Gasteiger partial charge in [-0.15, -0.1) is 32.9 Å². The third-order valence-electron chi connectivity index (χ3n) is 5.19. The van der Waals surface area contributed by atoms with Gasteiger partial charge in [0, 0.05) is 45.3 Å². The van der Waals surface area contributed by atoms with Gasteiger partial charge in [0.25, 0.3) is 5.56 Å². The first-order valence-corrected chi connectivity index (χ1v) is 12.5. The molecule has 150 valence electrons. The van der Waals surface area contributed by atoms with Crippen molar-refractivity contribution in [2.24, 2.45) is 0 Å². The number of nitrogens with zero attached hydrogens (tertiary/aromatic N) is 5. The quantitative estimate of drug-likeness (QED) is 0.414. The third kappa shape index (κ3) is 3.45. The minimum atomic E-state index is -0.0391. The molecule has 4 heterocycles. The lowest BCUT2D eigenvalue weighted by molar-refractivity contribution is 0.554. The molecule has 0 bridgehead atoms. The molecular weight excluding hydrogens is 422 g/mol. The van der Waals surface area contributed by atoms with Crippen molar-refractivity contribution in [2.45, 2.75) is 56.5 Å². The van der Waals surface area contributed by atoms with E-state index in [1.54, 1.807) is 28.4 Å². The fourth-order valence-electron chi connectivity index (χ4n) is 3.81. The standard InChI is InChI=1S/C20H21N5OS3/c1-12(2)25-18(15-11-28-16-6-4-3-5-14(15)16)22-23-20(25)29-10-13-9-17(26)24-7-8-27-19(24)21-13/h7-9,11-12H,3-6,10H2,1-2H3. The van der Waals surface area contributed by atoms with Gasteiger partial charge in [-0.2, -0.15) is 0 Å². The molecule has 0 radical (unpaired) electrons. The van der Waals surface area contributed by atoms with Crippen LogP contribution in [0.2, 0.25) is 0 Å². The number of thiophene rings is 1. The van der Waals surface area contributed by atoms with E-state index in [-0.39, 0.29) is 11.6 Å². The second-order valence-corrected chi connectivity index (χ2v) is 10.2. The number of hydrogen-bond acceptors (Lipinski definition) is 7. The van der Waals surface area contributed by atoms with Crippen LogP contribution < -0.4 is 5.56 Å². The Balaban J connectivity index is 1.46. The van der Waals surface area contributed by atoms with E-state index in [1.807, 2.05) is 16.7 Å². The summed E-state index contributed by atoms with van der Waals surface area (Å²) in [4.78, 5) is 19.1. The molecule has 0 saturated carbocycles. The SMILES string of the molecule is CC(C)n1c(SCc2cc(=O)n3ccsc3n2)nnc1-c1csc2c1CCCC2. The summed E-state index contributed by atoms with van der Waals surface area (Å²) in [5.41, 5.74) is 3.44.